The fourth-order valence-electron chi connectivity index (χ4n) is 5.88. The number of carboxylic acid groups (broad SMARTS) is 1. The van der Waals surface area contributed by atoms with Crippen molar-refractivity contribution in [2.75, 3.05) is 7.11 Å². The molecule has 2 aliphatic heterocycles. The van der Waals surface area contributed by atoms with Crippen molar-refractivity contribution in [1.29, 1.82) is 0 Å². The van der Waals surface area contributed by atoms with Gasteiger partial charge in [-0.3, -0.25) is 34.7 Å². The molecule has 3 aromatic rings. The fraction of sp³-hybridized carbons (Fsp3) is 0.321. The first-order valence-electron chi connectivity index (χ1n) is 12.8. The smallest absolute Gasteiger partial charge is 0.337 e. The van der Waals surface area contributed by atoms with Gasteiger partial charge < -0.3 is 9.84 Å². The van der Waals surface area contributed by atoms with E-state index in [4.69, 9.17) is 4.74 Å². The van der Waals surface area contributed by atoms with Crippen molar-refractivity contribution < 1.29 is 33.9 Å². The zero-order valence-electron chi connectivity index (χ0n) is 22.4. The number of benzene rings is 2. The van der Waals surface area contributed by atoms with Crippen molar-refractivity contribution in [3.63, 3.8) is 0 Å². The van der Waals surface area contributed by atoms with E-state index in [1.54, 1.807) is 32.0 Å². The molecule has 2 aliphatic rings. The third-order valence-corrected chi connectivity index (χ3v) is 7.83. The molecule has 4 unspecified atom stereocenters. The molecule has 2 saturated heterocycles. The van der Waals surface area contributed by atoms with Crippen LogP contribution in [0.1, 0.15) is 38.9 Å². The third-order valence-electron chi connectivity index (χ3n) is 7.83. The molecule has 5 rings (SSSR count). The van der Waals surface area contributed by atoms with E-state index in [-0.39, 0.29) is 24.3 Å². The number of nitro groups is 1. The number of carbonyl (C=O) groups is 4. The summed E-state index contributed by atoms with van der Waals surface area (Å²) in [4.78, 5) is 64.4. The number of methoxy groups -OCH3 is 1. The molecule has 3 heterocycles. The van der Waals surface area contributed by atoms with Gasteiger partial charge in [-0.1, -0.05) is 24.3 Å². The van der Waals surface area contributed by atoms with Crippen molar-refractivity contribution in [1.82, 2.24) is 20.0 Å². The van der Waals surface area contributed by atoms with Gasteiger partial charge in [0.15, 0.2) is 0 Å². The lowest BCUT2D eigenvalue weighted by molar-refractivity contribution is -0.384. The van der Waals surface area contributed by atoms with Crippen LogP contribution >= 0.6 is 0 Å². The molecule has 13 nitrogen and oxygen atoms in total. The normalized spacial score (nSPS) is 23.5. The van der Waals surface area contributed by atoms with E-state index >= 15 is 0 Å². The van der Waals surface area contributed by atoms with E-state index in [1.165, 1.54) is 48.2 Å². The van der Waals surface area contributed by atoms with Gasteiger partial charge in [0.1, 0.15) is 12.2 Å². The number of rotatable bonds is 8. The van der Waals surface area contributed by atoms with Crippen LogP contribution in [0, 0.1) is 35.8 Å². The summed E-state index contributed by atoms with van der Waals surface area (Å²) in [7, 11) is 1.25. The maximum atomic E-state index is 13.9. The van der Waals surface area contributed by atoms with E-state index in [2.05, 4.69) is 10.4 Å². The van der Waals surface area contributed by atoms with Crippen LogP contribution in [0.2, 0.25) is 0 Å². The van der Waals surface area contributed by atoms with Crippen LogP contribution < -0.4 is 5.32 Å². The van der Waals surface area contributed by atoms with Crippen molar-refractivity contribution in [3.8, 4) is 0 Å². The van der Waals surface area contributed by atoms with Crippen LogP contribution in [0.5, 0.6) is 0 Å². The van der Waals surface area contributed by atoms with Crippen LogP contribution in [-0.2, 0) is 32.2 Å². The number of carbonyl (C=O) groups excluding carboxylic acids is 3. The molecular weight excluding hydrogens is 534 g/mol. The lowest BCUT2D eigenvalue weighted by Crippen LogP contribution is -2.57. The maximum absolute atomic E-state index is 13.9. The molecule has 4 atom stereocenters. The first-order valence-corrected chi connectivity index (χ1v) is 12.8. The Morgan fingerprint density at radius 2 is 1.76 bits per heavy atom. The van der Waals surface area contributed by atoms with Crippen molar-refractivity contribution >= 4 is 29.4 Å². The van der Waals surface area contributed by atoms with Gasteiger partial charge in [-0.25, -0.2) is 9.48 Å². The monoisotopic (exact) mass is 561 g/mol. The molecule has 0 aliphatic carbocycles. The Labute approximate surface area is 233 Å². The second-order valence-electron chi connectivity index (χ2n) is 10.3. The molecule has 41 heavy (non-hydrogen) atoms. The van der Waals surface area contributed by atoms with Crippen molar-refractivity contribution in [3.05, 3.63) is 92.8 Å². The number of aromatic nitrogens is 2. The highest BCUT2D eigenvalue weighted by Gasteiger charge is 2.68. The maximum Gasteiger partial charge on any atom is 0.337 e. The number of imide groups is 1. The number of fused-ring (bicyclic) bond motifs is 1. The van der Waals surface area contributed by atoms with Crippen LogP contribution in [0.4, 0.5) is 5.69 Å². The van der Waals surface area contributed by atoms with E-state index in [0.29, 0.717) is 16.8 Å². The number of aliphatic carboxylic acids is 1. The molecule has 0 saturated carbocycles. The minimum atomic E-state index is -1.91. The molecule has 0 radical (unpaired) electrons. The third kappa shape index (κ3) is 4.63. The molecule has 1 aromatic heterocycles. The number of non-ortho nitro benzene ring substituents is 1. The first-order chi connectivity index (χ1) is 19.5. The van der Waals surface area contributed by atoms with Gasteiger partial charge >= 0.3 is 11.9 Å². The summed E-state index contributed by atoms with van der Waals surface area (Å²) < 4.78 is 6.26. The number of ether oxygens (including phenoxy) is 1. The molecule has 0 spiro atoms. The molecule has 212 valence electrons. The van der Waals surface area contributed by atoms with Crippen molar-refractivity contribution in [2.45, 2.75) is 38.5 Å². The average molecular weight is 562 g/mol. The van der Waals surface area contributed by atoms with Gasteiger partial charge in [-0.05, 0) is 43.2 Å². The lowest BCUT2D eigenvalue weighted by atomic mass is 9.76. The summed E-state index contributed by atoms with van der Waals surface area (Å²) in [6, 6.07) is 12.5. The Morgan fingerprint density at radius 1 is 1.10 bits per heavy atom. The number of nitrogens with one attached hydrogen (secondary N) is 1. The highest BCUT2D eigenvalue weighted by Crippen LogP contribution is 2.50. The summed E-state index contributed by atoms with van der Waals surface area (Å²) in [6.45, 7) is 3.39. The van der Waals surface area contributed by atoms with E-state index in [0.717, 1.165) is 10.6 Å². The van der Waals surface area contributed by atoms with Gasteiger partial charge in [0.05, 0.1) is 35.1 Å². The quantitative estimate of drug-likeness (QED) is 0.179. The number of amides is 2. The van der Waals surface area contributed by atoms with E-state index in [9.17, 15) is 34.4 Å². The summed E-state index contributed by atoms with van der Waals surface area (Å²) in [5.41, 5.74) is 0.553. The van der Waals surface area contributed by atoms with Crippen LogP contribution in [0.3, 0.4) is 0 Å². The summed E-state index contributed by atoms with van der Waals surface area (Å²) in [5, 5.41) is 29.2. The molecule has 0 bridgehead atoms. The number of esters is 1. The molecule has 2 fully saturated rings. The van der Waals surface area contributed by atoms with Gasteiger partial charge in [-0.15, -0.1) is 0 Å². The first kappa shape index (κ1) is 27.6. The lowest BCUT2D eigenvalue weighted by Gasteiger charge is -2.31. The Balaban J connectivity index is 1.58. The molecular formula is C28H27N5O8. The number of hydrogen-bond acceptors (Lipinski definition) is 9. The minimum Gasteiger partial charge on any atom is -0.480 e. The molecule has 2 aromatic carbocycles. The minimum absolute atomic E-state index is 0.165. The number of nitro benzene ring substituents is 1. The number of likely N-dealkylation sites (tertiary alicyclic amines) is 1. The Hall–Kier alpha value is -4.91. The predicted molar refractivity (Wildman–Crippen MR) is 141 cm³/mol. The molecule has 2 amide bonds. The van der Waals surface area contributed by atoms with Gasteiger partial charge in [0.2, 0.25) is 11.8 Å². The predicted octanol–water partition coefficient (Wildman–Crippen LogP) is 2.16. The Morgan fingerprint density at radius 3 is 2.29 bits per heavy atom. The topological polar surface area (TPSA) is 174 Å². The van der Waals surface area contributed by atoms with E-state index in [1.807, 2.05) is 0 Å². The number of nitrogens with zero attached hydrogens (tertiary/aromatic N) is 4. The molecule has 2 N–H and O–H groups in total. The second-order valence-corrected chi connectivity index (χ2v) is 10.3. The van der Waals surface area contributed by atoms with Crippen LogP contribution in [-0.4, -0.2) is 61.1 Å². The van der Waals surface area contributed by atoms with Crippen LogP contribution in [0.15, 0.2) is 54.6 Å². The zero-order chi connectivity index (χ0) is 29.6. The largest absolute Gasteiger partial charge is 0.480 e. The number of hydrogen-bond donors (Lipinski definition) is 2. The average Bonchev–Trinajstić information content (AvgIpc) is 3.55. The SMILES string of the molecule is COC(=O)c1ccc(C2NC(Cc3ccc([N+](=O)[O-])cc3)(C(=O)O)C3C(=O)N(Cn4nc(C)cc4C)C(=O)C23)cc1. The summed E-state index contributed by atoms with van der Waals surface area (Å²) in [5.74, 6) is -5.46. The molecule has 13 heteroatoms. The highest BCUT2D eigenvalue weighted by atomic mass is 16.6. The van der Waals surface area contributed by atoms with Crippen molar-refractivity contribution in [2.24, 2.45) is 11.8 Å². The van der Waals surface area contributed by atoms with Gasteiger partial charge in [0, 0.05) is 30.3 Å². The van der Waals surface area contributed by atoms with Crippen LogP contribution in [0.25, 0.3) is 0 Å². The van der Waals surface area contributed by atoms with E-state index < -0.39 is 52.1 Å². The summed E-state index contributed by atoms with van der Waals surface area (Å²) >= 11 is 0. The summed E-state index contributed by atoms with van der Waals surface area (Å²) in [6.07, 6.45) is -0.217. The fourth-order valence-corrected chi connectivity index (χ4v) is 5.88. The highest BCUT2D eigenvalue weighted by molar-refractivity contribution is 6.09. The van der Waals surface area contributed by atoms with Gasteiger partial charge in [-0.2, -0.15) is 5.10 Å². The standard InChI is InChI=1S/C28H27N5O8/c1-15-12-16(2)32(30-15)14-31-24(34)21-22(25(31)35)28(27(37)38,13-17-4-10-20(11-5-17)33(39)40)29-23(21)18-6-8-19(9-7-18)26(36)41-3/h4-12,21-23,29H,13-14H2,1-3H3,(H,37,38). The number of carboxylic acids is 1. The van der Waals surface area contributed by atoms with Gasteiger partial charge in [0.25, 0.3) is 5.69 Å². The number of aryl methyl sites for hydroxylation is 2. The Kier molecular flexibility index (Phi) is 6.91. The Bertz CT molecular complexity index is 1560. The zero-order valence-corrected chi connectivity index (χ0v) is 22.4. The second kappa shape index (κ2) is 10.2.